The van der Waals surface area contributed by atoms with Crippen molar-refractivity contribution in [2.24, 2.45) is 5.73 Å². The summed E-state index contributed by atoms with van der Waals surface area (Å²) >= 11 is 0. The number of nitrogens with zero attached hydrogens (tertiary/aromatic N) is 1. The normalized spacial score (nSPS) is 10.8. The Bertz CT molecular complexity index is 640. The number of halogens is 1. The summed E-state index contributed by atoms with van der Waals surface area (Å²) in [5, 5.41) is 0. The van der Waals surface area contributed by atoms with Gasteiger partial charge >= 0.3 is 0 Å². The lowest BCUT2D eigenvalue weighted by Crippen LogP contribution is -2.18. The average Bonchev–Trinajstić information content (AvgIpc) is 2.43. The molecule has 0 bridgehead atoms. The number of carbonyl (C=O) groups is 1. The Balaban J connectivity index is 2.04. The fourth-order valence-electron chi connectivity index (χ4n) is 2.14. The van der Waals surface area contributed by atoms with Crippen molar-refractivity contribution in [3.63, 3.8) is 0 Å². The van der Waals surface area contributed by atoms with E-state index in [2.05, 4.69) is 4.90 Å². The van der Waals surface area contributed by atoms with E-state index >= 15 is 0 Å². The number of anilines is 1. The Hall–Kier alpha value is -2.40. The summed E-state index contributed by atoms with van der Waals surface area (Å²) in [5.41, 5.74) is 14.0. The predicted octanol–water partition coefficient (Wildman–Crippen LogP) is 2.14. The first-order valence-electron chi connectivity index (χ1n) is 6.57. The van der Waals surface area contributed by atoms with Crippen molar-refractivity contribution in [3.05, 3.63) is 65.0 Å². The summed E-state index contributed by atoms with van der Waals surface area (Å²) < 4.78 is 12.9. The van der Waals surface area contributed by atoms with Crippen molar-refractivity contribution in [2.75, 3.05) is 12.8 Å². The zero-order chi connectivity index (χ0) is 15.4. The Kier molecular flexibility index (Phi) is 4.55. The maximum Gasteiger partial charge on any atom is 0.248 e. The topological polar surface area (TPSA) is 72.3 Å². The molecule has 2 aromatic carbocycles. The molecule has 0 spiro atoms. The van der Waals surface area contributed by atoms with Gasteiger partial charge in [0, 0.05) is 24.3 Å². The van der Waals surface area contributed by atoms with Gasteiger partial charge in [-0.1, -0.05) is 18.2 Å². The molecule has 1 amide bonds. The molecule has 0 aliphatic heterocycles. The van der Waals surface area contributed by atoms with Gasteiger partial charge in [0.05, 0.1) is 0 Å². The first kappa shape index (κ1) is 15.0. The van der Waals surface area contributed by atoms with Crippen molar-refractivity contribution in [2.45, 2.75) is 13.1 Å². The summed E-state index contributed by atoms with van der Waals surface area (Å²) in [6.45, 7) is 1.31. The average molecular weight is 287 g/mol. The molecule has 21 heavy (non-hydrogen) atoms. The van der Waals surface area contributed by atoms with Gasteiger partial charge in [-0.25, -0.2) is 4.39 Å². The predicted molar refractivity (Wildman–Crippen MR) is 80.9 cm³/mol. The third-order valence-electron chi connectivity index (χ3n) is 3.24. The summed E-state index contributed by atoms with van der Waals surface area (Å²) in [5.74, 6) is -0.736. The molecule has 0 atom stereocenters. The maximum absolute atomic E-state index is 12.9. The van der Waals surface area contributed by atoms with E-state index in [0.717, 1.165) is 11.1 Å². The molecule has 4 nitrogen and oxygen atoms in total. The largest absolute Gasteiger partial charge is 0.398 e. The van der Waals surface area contributed by atoms with E-state index in [-0.39, 0.29) is 5.82 Å². The Morgan fingerprint density at radius 2 is 1.81 bits per heavy atom. The highest BCUT2D eigenvalue weighted by atomic mass is 19.1. The van der Waals surface area contributed by atoms with Crippen LogP contribution in [0.25, 0.3) is 0 Å². The van der Waals surface area contributed by atoms with Gasteiger partial charge in [0.15, 0.2) is 0 Å². The molecule has 0 aromatic heterocycles. The fourth-order valence-corrected chi connectivity index (χ4v) is 2.14. The highest BCUT2D eigenvalue weighted by molar-refractivity contribution is 5.93. The van der Waals surface area contributed by atoms with E-state index in [1.54, 1.807) is 30.3 Å². The van der Waals surface area contributed by atoms with E-state index < -0.39 is 5.91 Å². The number of hydrogen-bond donors (Lipinski definition) is 2. The van der Waals surface area contributed by atoms with Gasteiger partial charge in [0.2, 0.25) is 5.91 Å². The Morgan fingerprint density at radius 3 is 2.38 bits per heavy atom. The maximum atomic E-state index is 12.9. The van der Waals surface area contributed by atoms with E-state index in [1.165, 1.54) is 12.1 Å². The minimum atomic E-state index is -0.493. The lowest BCUT2D eigenvalue weighted by Gasteiger charge is -2.18. The summed E-state index contributed by atoms with van der Waals surface area (Å²) in [4.78, 5) is 13.1. The molecule has 110 valence electrons. The number of amides is 1. The summed E-state index contributed by atoms with van der Waals surface area (Å²) in [6.07, 6.45) is 0. The highest BCUT2D eigenvalue weighted by Crippen LogP contribution is 2.17. The number of carbonyl (C=O) groups excluding carboxylic acids is 1. The van der Waals surface area contributed by atoms with Crippen LogP contribution in [0.4, 0.5) is 10.1 Å². The number of benzene rings is 2. The summed E-state index contributed by atoms with van der Waals surface area (Å²) in [6, 6.07) is 11.5. The van der Waals surface area contributed by atoms with Gasteiger partial charge in [0.25, 0.3) is 0 Å². The van der Waals surface area contributed by atoms with Crippen molar-refractivity contribution in [1.29, 1.82) is 0 Å². The number of rotatable bonds is 5. The molecule has 0 heterocycles. The summed E-state index contributed by atoms with van der Waals surface area (Å²) in [7, 11) is 1.95. The van der Waals surface area contributed by atoms with Gasteiger partial charge in [-0.2, -0.15) is 0 Å². The Morgan fingerprint density at radius 1 is 1.14 bits per heavy atom. The Labute approximate surface area is 123 Å². The van der Waals surface area contributed by atoms with Gasteiger partial charge in [-0.15, -0.1) is 0 Å². The zero-order valence-electron chi connectivity index (χ0n) is 11.8. The first-order valence-corrected chi connectivity index (χ1v) is 6.57. The van der Waals surface area contributed by atoms with E-state index in [4.69, 9.17) is 11.5 Å². The fraction of sp³-hybridized carbons (Fsp3) is 0.188. The molecule has 0 fully saturated rings. The second-order valence-electron chi connectivity index (χ2n) is 5.08. The van der Waals surface area contributed by atoms with Gasteiger partial charge < -0.3 is 11.5 Å². The van der Waals surface area contributed by atoms with Crippen molar-refractivity contribution >= 4 is 11.6 Å². The monoisotopic (exact) mass is 287 g/mol. The van der Waals surface area contributed by atoms with E-state index in [0.29, 0.717) is 24.3 Å². The second kappa shape index (κ2) is 6.37. The molecular formula is C16H18FN3O. The van der Waals surface area contributed by atoms with Gasteiger partial charge in [0.1, 0.15) is 5.82 Å². The van der Waals surface area contributed by atoms with Gasteiger partial charge in [-0.05, 0) is 42.4 Å². The molecule has 4 N–H and O–H groups in total. The van der Waals surface area contributed by atoms with Crippen LogP contribution in [0.1, 0.15) is 21.5 Å². The van der Waals surface area contributed by atoms with Crippen molar-refractivity contribution in [1.82, 2.24) is 4.90 Å². The number of nitrogens with two attached hydrogens (primary N) is 2. The number of nitrogen functional groups attached to an aromatic ring is 1. The SMILES string of the molecule is CN(Cc1ccc(F)cc1)Cc1ccc(C(N)=O)cc1N. The molecule has 0 radical (unpaired) electrons. The van der Waals surface area contributed by atoms with Crippen molar-refractivity contribution < 1.29 is 9.18 Å². The molecule has 0 aliphatic carbocycles. The quantitative estimate of drug-likeness (QED) is 0.828. The third-order valence-corrected chi connectivity index (χ3v) is 3.24. The van der Waals surface area contributed by atoms with Crippen LogP contribution in [-0.4, -0.2) is 17.9 Å². The molecular weight excluding hydrogens is 269 g/mol. The zero-order valence-corrected chi connectivity index (χ0v) is 11.8. The highest BCUT2D eigenvalue weighted by Gasteiger charge is 2.08. The molecule has 0 saturated heterocycles. The van der Waals surface area contributed by atoms with Gasteiger partial charge in [-0.3, -0.25) is 9.69 Å². The standard InChI is InChI=1S/C16H18FN3O/c1-20(9-11-2-6-14(17)7-3-11)10-13-5-4-12(16(19)21)8-15(13)18/h2-8H,9-10,18H2,1H3,(H2,19,21). The third kappa shape index (κ3) is 4.03. The molecule has 2 rings (SSSR count). The number of primary amides is 1. The van der Waals surface area contributed by atoms with Crippen LogP contribution in [0, 0.1) is 5.82 Å². The second-order valence-corrected chi connectivity index (χ2v) is 5.08. The molecule has 0 aliphatic rings. The van der Waals surface area contributed by atoms with Crippen LogP contribution in [0.3, 0.4) is 0 Å². The van der Waals surface area contributed by atoms with Crippen LogP contribution in [0.2, 0.25) is 0 Å². The van der Waals surface area contributed by atoms with E-state index in [9.17, 15) is 9.18 Å². The van der Waals surface area contributed by atoms with E-state index in [1.807, 2.05) is 7.05 Å². The van der Waals surface area contributed by atoms with Crippen LogP contribution in [0.15, 0.2) is 42.5 Å². The van der Waals surface area contributed by atoms with Crippen LogP contribution < -0.4 is 11.5 Å². The van der Waals surface area contributed by atoms with Crippen LogP contribution in [-0.2, 0) is 13.1 Å². The minimum Gasteiger partial charge on any atom is -0.398 e. The van der Waals surface area contributed by atoms with Crippen LogP contribution >= 0.6 is 0 Å². The lowest BCUT2D eigenvalue weighted by molar-refractivity contribution is 0.100. The minimum absolute atomic E-state index is 0.243. The van der Waals surface area contributed by atoms with Crippen LogP contribution in [0.5, 0.6) is 0 Å². The number of hydrogen-bond acceptors (Lipinski definition) is 3. The van der Waals surface area contributed by atoms with Crippen molar-refractivity contribution in [3.8, 4) is 0 Å². The molecule has 0 unspecified atom stereocenters. The molecule has 5 heteroatoms. The first-order chi connectivity index (χ1) is 9.95. The lowest BCUT2D eigenvalue weighted by atomic mass is 10.1. The molecule has 2 aromatic rings. The molecule has 0 saturated carbocycles. The smallest absolute Gasteiger partial charge is 0.248 e.